The Labute approximate surface area is 84.4 Å². The van der Waals surface area contributed by atoms with E-state index in [1.807, 2.05) is 12.1 Å². The van der Waals surface area contributed by atoms with Crippen molar-refractivity contribution in [2.45, 2.75) is 33.0 Å². The first-order valence-electron chi connectivity index (χ1n) is 4.71. The van der Waals surface area contributed by atoms with E-state index in [0.29, 0.717) is 12.6 Å². The molecule has 4 nitrogen and oxygen atoms in total. The summed E-state index contributed by atoms with van der Waals surface area (Å²) in [5.74, 6) is 4.96. The maximum atomic E-state index is 4.96. The Morgan fingerprint density at radius 2 is 2.29 bits per heavy atom. The fourth-order valence-electron chi connectivity index (χ4n) is 1.05. The van der Waals surface area contributed by atoms with Crippen LogP contribution in [0.2, 0.25) is 0 Å². The van der Waals surface area contributed by atoms with Crippen molar-refractivity contribution in [3.05, 3.63) is 29.6 Å². The highest BCUT2D eigenvalue weighted by molar-refractivity contribution is 5.13. The lowest BCUT2D eigenvalue weighted by Crippen LogP contribution is -2.22. The maximum Gasteiger partial charge on any atom is 0.0944 e. The van der Waals surface area contributed by atoms with Crippen LogP contribution in [0.25, 0.3) is 0 Å². The standard InChI is InChI=1S/C10H17N3O/c1-8(2)12-6-10-4-3-9(5-13-10)7-14-11/h3-5,8,12H,6-7,11H2,1-2H3. The van der Waals surface area contributed by atoms with Crippen LogP contribution in [0.3, 0.4) is 0 Å². The molecule has 0 aliphatic rings. The molecule has 0 aliphatic heterocycles. The lowest BCUT2D eigenvalue weighted by Gasteiger charge is -2.07. The molecule has 0 amide bonds. The molecule has 78 valence electrons. The van der Waals surface area contributed by atoms with Crippen LogP contribution in [0.4, 0.5) is 0 Å². The van der Waals surface area contributed by atoms with Crippen LogP contribution in [-0.2, 0) is 18.0 Å². The quantitative estimate of drug-likeness (QED) is 0.687. The van der Waals surface area contributed by atoms with E-state index < -0.39 is 0 Å². The smallest absolute Gasteiger partial charge is 0.0944 e. The molecule has 0 unspecified atom stereocenters. The summed E-state index contributed by atoms with van der Waals surface area (Å²) in [6, 6.07) is 4.42. The van der Waals surface area contributed by atoms with Crippen LogP contribution >= 0.6 is 0 Å². The predicted molar refractivity (Wildman–Crippen MR) is 55.2 cm³/mol. The average Bonchev–Trinajstić information content (AvgIpc) is 2.17. The van der Waals surface area contributed by atoms with Crippen molar-refractivity contribution in [1.82, 2.24) is 10.3 Å². The number of rotatable bonds is 5. The van der Waals surface area contributed by atoms with E-state index in [2.05, 4.69) is 29.0 Å². The molecule has 14 heavy (non-hydrogen) atoms. The van der Waals surface area contributed by atoms with E-state index in [0.717, 1.165) is 17.8 Å². The lowest BCUT2D eigenvalue weighted by molar-refractivity contribution is 0.124. The fourth-order valence-corrected chi connectivity index (χ4v) is 1.05. The molecule has 3 N–H and O–H groups in total. The molecular formula is C10H17N3O. The summed E-state index contributed by atoms with van der Waals surface area (Å²) < 4.78 is 0. The Bertz CT molecular complexity index is 259. The molecule has 0 aliphatic carbocycles. The van der Waals surface area contributed by atoms with Crippen LogP contribution in [0.1, 0.15) is 25.1 Å². The monoisotopic (exact) mass is 195 g/mol. The minimum atomic E-state index is 0.408. The summed E-state index contributed by atoms with van der Waals surface area (Å²) in [4.78, 5) is 8.78. The van der Waals surface area contributed by atoms with Gasteiger partial charge in [0.15, 0.2) is 0 Å². The highest BCUT2D eigenvalue weighted by Crippen LogP contribution is 2.01. The van der Waals surface area contributed by atoms with Crippen molar-refractivity contribution in [3.63, 3.8) is 0 Å². The van der Waals surface area contributed by atoms with E-state index >= 15 is 0 Å². The zero-order valence-electron chi connectivity index (χ0n) is 8.66. The van der Waals surface area contributed by atoms with Gasteiger partial charge in [-0.05, 0) is 11.6 Å². The number of hydrogen-bond donors (Lipinski definition) is 2. The molecule has 0 spiro atoms. The van der Waals surface area contributed by atoms with Gasteiger partial charge in [-0.3, -0.25) is 9.82 Å². The van der Waals surface area contributed by atoms with Crippen molar-refractivity contribution in [1.29, 1.82) is 0 Å². The number of hydrogen-bond acceptors (Lipinski definition) is 4. The molecule has 1 heterocycles. The molecule has 0 aromatic carbocycles. The van der Waals surface area contributed by atoms with Crippen LogP contribution in [-0.4, -0.2) is 11.0 Å². The normalized spacial score (nSPS) is 10.9. The van der Waals surface area contributed by atoms with Crippen LogP contribution in [0.5, 0.6) is 0 Å². The van der Waals surface area contributed by atoms with Crippen molar-refractivity contribution in [3.8, 4) is 0 Å². The molecule has 0 saturated carbocycles. The van der Waals surface area contributed by atoms with E-state index in [-0.39, 0.29) is 0 Å². The van der Waals surface area contributed by atoms with E-state index in [9.17, 15) is 0 Å². The molecule has 0 atom stereocenters. The van der Waals surface area contributed by atoms with Gasteiger partial charge in [-0.25, -0.2) is 5.90 Å². The van der Waals surface area contributed by atoms with Gasteiger partial charge >= 0.3 is 0 Å². The second-order valence-electron chi connectivity index (χ2n) is 3.50. The Balaban J connectivity index is 2.46. The number of nitrogens with two attached hydrogens (primary N) is 1. The summed E-state index contributed by atoms with van der Waals surface area (Å²) in [5, 5.41) is 3.29. The third-order valence-electron chi connectivity index (χ3n) is 1.83. The molecular weight excluding hydrogens is 178 g/mol. The van der Waals surface area contributed by atoms with Gasteiger partial charge < -0.3 is 5.32 Å². The van der Waals surface area contributed by atoms with E-state index in [1.54, 1.807) is 6.20 Å². The van der Waals surface area contributed by atoms with Gasteiger partial charge in [0.25, 0.3) is 0 Å². The van der Waals surface area contributed by atoms with Crippen LogP contribution in [0.15, 0.2) is 18.3 Å². The Kier molecular flexibility index (Phi) is 4.52. The zero-order valence-corrected chi connectivity index (χ0v) is 8.66. The number of nitrogens with one attached hydrogen (secondary N) is 1. The Morgan fingerprint density at radius 1 is 1.50 bits per heavy atom. The summed E-state index contributed by atoms with van der Waals surface area (Å²) in [7, 11) is 0. The first kappa shape index (κ1) is 11.1. The topological polar surface area (TPSA) is 60.2 Å². The first-order valence-corrected chi connectivity index (χ1v) is 4.71. The van der Waals surface area contributed by atoms with Crippen molar-refractivity contribution in [2.75, 3.05) is 0 Å². The third kappa shape index (κ3) is 3.83. The van der Waals surface area contributed by atoms with Gasteiger partial charge in [0.05, 0.1) is 12.3 Å². The molecule has 4 heteroatoms. The fraction of sp³-hybridized carbons (Fsp3) is 0.500. The van der Waals surface area contributed by atoms with E-state index in [1.165, 1.54) is 0 Å². The minimum absolute atomic E-state index is 0.408. The second-order valence-corrected chi connectivity index (χ2v) is 3.50. The number of nitrogens with zero attached hydrogens (tertiary/aromatic N) is 1. The molecule has 1 aromatic rings. The van der Waals surface area contributed by atoms with Gasteiger partial charge in [-0.15, -0.1) is 0 Å². The minimum Gasteiger partial charge on any atom is -0.309 e. The lowest BCUT2D eigenvalue weighted by atomic mass is 10.2. The van der Waals surface area contributed by atoms with Gasteiger partial charge in [-0.1, -0.05) is 19.9 Å². The molecule has 0 saturated heterocycles. The van der Waals surface area contributed by atoms with Crippen molar-refractivity contribution < 1.29 is 4.84 Å². The second kappa shape index (κ2) is 5.70. The van der Waals surface area contributed by atoms with Crippen molar-refractivity contribution >= 4 is 0 Å². The largest absolute Gasteiger partial charge is 0.309 e. The highest BCUT2D eigenvalue weighted by atomic mass is 16.6. The highest BCUT2D eigenvalue weighted by Gasteiger charge is 1.97. The molecule has 1 aromatic heterocycles. The molecule has 0 fully saturated rings. The van der Waals surface area contributed by atoms with E-state index in [4.69, 9.17) is 5.90 Å². The van der Waals surface area contributed by atoms with Gasteiger partial charge in [-0.2, -0.15) is 0 Å². The molecule has 0 radical (unpaired) electrons. The Hall–Kier alpha value is -0.970. The SMILES string of the molecule is CC(C)NCc1ccc(CON)cn1. The molecule has 0 bridgehead atoms. The van der Waals surface area contributed by atoms with Gasteiger partial charge in [0.2, 0.25) is 0 Å². The number of pyridine rings is 1. The van der Waals surface area contributed by atoms with Crippen LogP contribution in [0, 0.1) is 0 Å². The predicted octanol–water partition coefficient (Wildman–Crippen LogP) is 0.970. The maximum absolute atomic E-state index is 4.96. The summed E-state index contributed by atoms with van der Waals surface area (Å²) >= 11 is 0. The summed E-state index contributed by atoms with van der Waals surface area (Å²) in [5.41, 5.74) is 2.01. The average molecular weight is 195 g/mol. The third-order valence-corrected chi connectivity index (χ3v) is 1.83. The molecule has 1 rings (SSSR count). The first-order chi connectivity index (χ1) is 6.72. The van der Waals surface area contributed by atoms with Gasteiger partial charge in [0, 0.05) is 18.8 Å². The summed E-state index contributed by atoms with van der Waals surface area (Å²) in [6.45, 7) is 5.42. The van der Waals surface area contributed by atoms with Crippen LogP contribution < -0.4 is 11.2 Å². The Morgan fingerprint density at radius 3 is 2.79 bits per heavy atom. The van der Waals surface area contributed by atoms with Gasteiger partial charge in [0.1, 0.15) is 0 Å². The number of aromatic nitrogens is 1. The zero-order chi connectivity index (χ0) is 10.4. The summed E-state index contributed by atoms with van der Waals surface area (Å²) in [6.07, 6.45) is 1.78. The van der Waals surface area contributed by atoms with Crippen molar-refractivity contribution in [2.24, 2.45) is 5.90 Å².